The van der Waals surface area contributed by atoms with Gasteiger partial charge in [-0.15, -0.1) is 0 Å². The van der Waals surface area contributed by atoms with Crippen LogP contribution in [0.5, 0.6) is 0 Å². The Kier molecular flexibility index (Phi) is 1.52. The number of fused-ring (bicyclic) bond motifs is 1. The van der Waals surface area contributed by atoms with Crippen molar-refractivity contribution in [3.8, 4) is 0 Å². The van der Waals surface area contributed by atoms with Gasteiger partial charge < -0.3 is 4.74 Å². The number of hydrogen-bond donors (Lipinski definition) is 0. The molecule has 0 aromatic heterocycles. The summed E-state index contributed by atoms with van der Waals surface area (Å²) < 4.78 is 5.60. The van der Waals surface area contributed by atoms with Gasteiger partial charge in [-0.1, -0.05) is 0 Å². The average molecular weight is 155 g/mol. The third kappa shape index (κ3) is 1.18. The second-order valence-corrected chi connectivity index (χ2v) is 4.26. The summed E-state index contributed by atoms with van der Waals surface area (Å²) in [7, 11) is 0. The molecular formula is C9H17NO. The standard InChI is InChI=1S/C9H17NO/c1-7(2)10-5-4-9(3)8(6-10)11-9/h7-8H,4-6H2,1-3H3/t8-,9-/m1/s1. The van der Waals surface area contributed by atoms with Crippen LogP contribution in [-0.4, -0.2) is 35.7 Å². The van der Waals surface area contributed by atoms with Crippen molar-refractivity contribution in [2.24, 2.45) is 0 Å². The van der Waals surface area contributed by atoms with Gasteiger partial charge in [-0.3, -0.25) is 4.90 Å². The molecule has 0 radical (unpaired) electrons. The van der Waals surface area contributed by atoms with Crippen molar-refractivity contribution in [3.63, 3.8) is 0 Å². The van der Waals surface area contributed by atoms with Crippen molar-refractivity contribution in [2.45, 2.75) is 44.9 Å². The first-order valence-corrected chi connectivity index (χ1v) is 4.54. The molecule has 0 aromatic rings. The lowest BCUT2D eigenvalue weighted by Gasteiger charge is -2.30. The Labute approximate surface area is 68.5 Å². The van der Waals surface area contributed by atoms with Crippen LogP contribution in [0.2, 0.25) is 0 Å². The van der Waals surface area contributed by atoms with E-state index in [4.69, 9.17) is 4.74 Å². The minimum atomic E-state index is 0.269. The Hall–Kier alpha value is -0.0800. The minimum absolute atomic E-state index is 0.269. The fraction of sp³-hybridized carbons (Fsp3) is 1.00. The van der Waals surface area contributed by atoms with Crippen molar-refractivity contribution in [1.82, 2.24) is 4.90 Å². The minimum Gasteiger partial charge on any atom is -0.365 e. The zero-order chi connectivity index (χ0) is 8.06. The molecule has 2 atom stereocenters. The summed E-state index contributed by atoms with van der Waals surface area (Å²) in [5.41, 5.74) is 0.269. The summed E-state index contributed by atoms with van der Waals surface area (Å²) in [5, 5.41) is 0. The SMILES string of the molecule is CC(C)N1CC[C@@]2(C)O[C@@H]2C1. The van der Waals surface area contributed by atoms with Crippen molar-refractivity contribution >= 4 is 0 Å². The average Bonchev–Trinajstić information content (AvgIpc) is 2.58. The Balaban J connectivity index is 1.93. The fourth-order valence-corrected chi connectivity index (χ4v) is 1.88. The van der Waals surface area contributed by atoms with Gasteiger partial charge in [0.2, 0.25) is 0 Å². The predicted octanol–water partition coefficient (Wildman–Crippen LogP) is 1.26. The van der Waals surface area contributed by atoms with Gasteiger partial charge in [-0.05, 0) is 27.2 Å². The molecule has 2 heterocycles. The molecule has 11 heavy (non-hydrogen) atoms. The molecule has 0 amide bonds. The van der Waals surface area contributed by atoms with E-state index in [0.717, 1.165) is 6.54 Å². The Morgan fingerprint density at radius 2 is 2.27 bits per heavy atom. The number of epoxide rings is 1. The molecule has 0 bridgehead atoms. The van der Waals surface area contributed by atoms with E-state index in [0.29, 0.717) is 12.1 Å². The van der Waals surface area contributed by atoms with Gasteiger partial charge in [0.05, 0.1) is 11.7 Å². The van der Waals surface area contributed by atoms with Crippen LogP contribution in [0.4, 0.5) is 0 Å². The summed E-state index contributed by atoms with van der Waals surface area (Å²) in [6, 6.07) is 0.684. The summed E-state index contributed by atoms with van der Waals surface area (Å²) in [4.78, 5) is 2.50. The van der Waals surface area contributed by atoms with Gasteiger partial charge in [-0.25, -0.2) is 0 Å². The van der Waals surface area contributed by atoms with Gasteiger partial charge in [0, 0.05) is 19.1 Å². The molecule has 0 saturated carbocycles. The first-order chi connectivity index (χ1) is 5.12. The molecule has 0 spiro atoms. The number of piperidine rings is 1. The second kappa shape index (κ2) is 2.20. The lowest BCUT2D eigenvalue weighted by atomic mass is 9.98. The molecule has 0 aromatic carbocycles. The van der Waals surface area contributed by atoms with E-state index in [-0.39, 0.29) is 5.60 Å². The van der Waals surface area contributed by atoms with E-state index in [1.165, 1.54) is 13.0 Å². The van der Waals surface area contributed by atoms with Gasteiger partial charge >= 0.3 is 0 Å². The lowest BCUT2D eigenvalue weighted by molar-refractivity contribution is 0.187. The van der Waals surface area contributed by atoms with Crippen LogP contribution in [0.3, 0.4) is 0 Å². The maximum atomic E-state index is 5.60. The van der Waals surface area contributed by atoms with Crippen molar-refractivity contribution in [2.75, 3.05) is 13.1 Å². The summed E-state index contributed by atoms with van der Waals surface area (Å²) >= 11 is 0. The molecule has 2 aliphatic rings. The molecule has 2 fully saturated rings. The highest BCUT2D eigenvalue weighted by Gasteiger charge is 2.55. The molecule has 2 saturated heterocycles. The van der Waals surface area contributed by atoms with E-state index in [1.54, 1.807) is 0 Å². The van der Waals surface area contributed by atoms with Crippen LogP contribution in [0.25, 0.3) is 0 Å². The highest BCUT2D eigenvalue weighted by Crippen LogP contribution is 2.43. The van der Waals surface area contributed by atoms with Crippen LogP contribution in [0.1, 0.15) is 27.2 Å². The number of likely N-dealkylation sites (tertiary alicyclic amines) is 1. The smallest absolute Gasteiger partial charge is 0.0997 e. The molecule has 2 rings (SSSR count). The van der Waals surface area contributed by atoms with E-state index in [9.17, 15) is 0 Å². The first kappa shape index (κ1) is 7.56. The summed E-state index contributed by atoms with van der Waals surface area (Å²) in [5.74, 6) is 0. The normalized spacial score (nSPS) is 44.2. The zero-order valence-corrected chi connectivity index (χ0v) is 7.63. The van der Waals surface area contributed by atoms with E-state index in [1.807, 2.05) is 0 Å². The molecule has 0 N–H and O–H groups in total. The third-order valence-corrected chi connectivity index (χ3v) is 3.06. The molecule has 64 valence electrons. The van der Waals surface area contributed by atoms with Gasteiger partial charge in [0.15, 0.2) is 0 Å². The Morgan fingerprint density at radius 3 is 2.82 bits per heavy atom. The lowest BCUT2D eigenvalue weighted by Crippen LogP contribution is -2.42. The fourth-order valence-electron chi connectivity index (χ4n) is 1.88. The van der Waals surface area contributed by atoms with E-state index in [2.05, 4.69) is 25.7 Å². The molecule has 0 unspecified atom stereocenters. The van der Waals surface area contributed by atoms with E-state index >= 15 is 0 Å². The van der Waals surface area contributed by atoms with Crippen LogP contribution in [-0.2, 0) is 4.74 Å². The van der Waals surface area contributed by atoms with E-state index < -0.39 is 0 Å². The first-order valence-electron chi connectivity index (χ1n) is 4.54. The quantitative estimate of drug-likeness (QED) is 0.530. The van der Waals surface area contributed by atoms with Crippen molar-refractivity contribution in [3.05, 3.63) is 0 Å². The monoisotopic (exact) mass is 155 g/mol. The van der Waals surface area contributed by atoms with Crippen molar-refractivity contribution < 1.29 is 4.74 Å². The number of nitrogens with zero attached hydrogens (tertiary/aromatic N) is 1. The van der Waals surface area contributed by atoms with Crippen molar-refractivity contribution in [1.29, 1.82) is 0 Å². The van der Waals surface area contributed by atoms with Crippen LogP contribution in [0, 0.1) is 0 Å². The highest BCUT2D eigenvalue weighted by molar-refractivity contribution is 5.04. The maximum absolute atomic E-state index is 5.60. The van der Waals surface area contributed by atoms with Gasteiger partial charge in [0.1, 0.15) is 0 Å². The molecular weight excluding hydrogens is 138 g/mol. The summed E-state index contributed by atoms with van der Waals surface area (Å²) in [6.45, 7) is 9.10. The second-order valence-electron chi connectivity index (χ2n) is 4.26. The zero-order valence-electron chi connectivity index (χ0n) is 7.63. The van der Waals surface area contributed by atoms with Gasteiger partial charge in [-0.2, -0.15) is 0 Å². The van der Waals surface area contributed by atoms with Gasteiger partial charge in [0.25, 0.3) is 0 Å². The Bertz CT molecular complexity index is 169. The molecule has 2 aliphatic heterocycles. The number of rotatable bonds is 1. The van der Waals surface area contributed by atoms with Crippen LogP contribution >= 0.6 is 0 Å². The molecule has 2 nitrogen and oxygen atoms in total. The van der Waals surface area contributed by atoms with Crippen LogP contribution < -0.4 is 0 Å². The maximum Gasteiger partial charge on any atom is 0.0997 e. The largest absolute Gasteiger partial charge is 0.365 e. The predicted molar refractivity (Wildman–Crippen MR) is 44.6 cm³/mol. The number of hydrogen-bond acceptors (Lipinski definition) is 2. The molecule has 0 aliphatic carbocycles. The summed E-state index contributed by atoms with van der Waals surface area (Å²) in [6.07, 6.45) is 1.76. The Morgan fingerprint density at radius 1 is 1.55 bits per heavy atom. The van der Waals surface area contributed by atoms with Crippen LogP contribution in [0.15, 0.2) is 0 Å². The topological polar surface area (TPSA) is 15.8 Å². The highest BCUT2D eigenvalue weighted by atomic mass is 16.6. The molecule has 2 heteroatoms. The number of ether oxygens (including phenoxy) is 1. The third-order valence-electron chi connectivity index (χ3n) is 3.06.